The Morgan fingerprint density at radius 3 is 2.59 bits per heavy atom. The zero-order valence-electron chi connectivity index (χ0n) is 15.5. The molecule has 0 radical (unpaired) electrons. The number of sulfonamides is 1. The third-order valence-corrected chi connectivity index (χ3v) is 7.18. The minimum absolute atomic E-state index is 0. The van der Waals surface area contributed by atoms with Gasteiger partial charge in [-0.05, 0) is 45.0 Å². The molecule has 156 valence electrons. The van der Waals surface area contributed by atoms with Crippen LogP contribution in [-0.2, 0) is 10.0 Å². The van der Waals surface area contributed by atoms with Gasteiger partial charge in [0, 0.05) is 26.2 Å². The van der Waals surface area contributed by atoms with Crippen LogP contribution < -0.4 is 15.4 Å². The number of likely N-dealkylation sites (tertiary alicyclic amines) is 1. The van der Waals surface area contributed by atoms with E-state index in [0.29, 0.717) is 16.8 Å². The molecule has 0 atom stereocenters. The van der Waals surface area contributed by atoms with Crippen LogP contribution in [0.1, 0.15) is 26.2 Å². The minimum Gasteiger partial charge on any atom is -0.357 e. The molecule has 1 aliphatic rings. The van der Waals surface area contributed by atoms with Gasteiger partial charge in [-0.15, -0.1) is 35.3 Å². The molecule has 0 amide bonds. The van der Waals surface area contributed by atoms with E-state index >= 15 is 0 Å². The highest BCUT2D eigenvalue weighted by atomic mass is 127. The van der Waals surface area contributed by atoms with Crippen LogP contribution in [0.3, 0.4) is 0 Å². The van der Waals surface area contributed by atoms with E-state index in [1.54, 1.807) is 6.07 Å². The SMILES string of the molecule is CCNC(=NCCNS(=O)(=O)c1ccc(Cl)s1)NCCN1CCCCC1.I. The van der Waals surface area contributed by atoms with Gasteiger partial charge in [0.1, 0.15) is 4.21 Å². The summed E-state index contributed by atoms with van der Waals surface area (Å²) in [7, 11) is -3.51. The van der Waals surface area contributed by atoms with Crippen LogP contribution in [0, 0.1) is 0 Å². The van der Waals surface area contributed by atoms with Crippen LogP contribution in [0.15, 0.2) is 21.3 Å². The number of rotatable bonds is 9. The first-order valence-corrected chi connectivity index (χ1v) is 11.7. The first kappa shape index (κ1) is 24.9. The standard InChI is InChI=1S/C16H28ClN5O2S2.HI/c1-2-18-16(20-10-13-22-11-4-3-5-12-22)19-8-9-21-26(23,24)15-7-6-14(17)25-15;/h6-7,21H,2-5,8-13H2,1H3,(H2,18,19,20);1H. The van der Waals surface area contributed by atoms with Gasteiger partial charge in [-0.25, -0.2) is 13.1 Å². The van der Waals surface area contributed by atoms with Crippen molar-refractivity contribution in [3.63, 3.8) is 0 Å². The number of nitrogens with one attached hydrogen (secondary N) is 3. The van der Waals surface area contributed by atoms with E-state index in [9.17, 15) is 8.42 Å². The molecule has 2 rings (SSSR count). The van der Waals surface area contributed by atoms with Crippen molar-refractivity contribution in [1.29, 1.82) is 0 Å². The molecule has 2 heterocycles. The molecular formula is C16H29ClIN5O2S2. The third-order valence-electron chi connectivity index (χ3n) is 4.00. The quantitative estimate of drug-likeness (QED) is 0.191. The van der Waals surface area contributed by atoms with Gasteiger partial charge in [0.15, 0.2) is 5.96 Å². The average Bonchev–Trinajstić information content (AvgIpc) is 3.07. The number of hydrogen-bond donors (Lipinski definition) is 3. The molecule has 1 aliphatic heterocycles. The summed E-state index contributed by atoms with van der Waals surface area (Å²) >= 11 is 6.83. The second-order valence-electron chi connectivity index (χ2n) is 6.05. The summed E-state index contributed by atoms with van der Waals surface area (Å²) < 4.78 is 27.5. The number of guanidine groups is 1. The Morgan fingerprint density at radius 1 is 1.22 bits per heavy atom. The predicted molar refractivity (Wildman–Crippen MR) is 124 cm³/mol. The molecule has 0 spiro atoms. The fraction of sp³-hybridized carbons (Fsp3) is 0.688. The lowest BCUT2D eigenvalue weighted by Gasteiger charge is -2.26. The third kappa shape index (κ3) is 9.27. The summed E-state index contributed by atoms with van der Waals surface area (Å²) in [6, 6.07) is 3.08. The predicted octanol–water partition coefficient (Wildman–Crippen LogP) is 2.34. The van der Waals surface area contributed by atoms with Gasteiger partial charge >= 0.3 is 0 Å². The maximum absolute atomic E-state index is 12.1. The van der Waals surface area contributed by atoms with Gasteiger partial charge in [-0.3, -0.25) is 4.99 Å². The molecule has 0 bridgehead atoms. The van der Waals surface area contributed by atoms with Crippen molar-refractivity contribution in [3.05, 3.63) is 16.5 Å². The Bertz CT molecular complexity index is 678. The van der Waals surface area contributed by atoms with E-state index < -0.39 is 10.0 Å². The van der Waals surface area contributed by atoms with Crippen molar-refractivity contribution in [2.24, 2.45) is 4.99 Å². The van der Waals surface area contributed by atoms with E-state index in [-0.39, 0.29) is 34.7 Å². The summed E-state index contributed by atoms with van der Waals surface area (Å²) in [4.78, 5) is 6.88. The molecule has 1 aromatic heterocycles. The van der Waals surface area contributed by atoms with E-state index in [2.05, 4.69) is 25.2 Å². The Balaban J connectivity index is 0.00000364. The van der Waals surface area contributed by atoms with Crippen LogP contribution >= 0.6 is 46.9 Å². The molecule has 1 saturated heterocycles. The van der Waals surface area contributed by atoms with Gasteiger partial charge in [-0.1, -0.05) is 18.0 Å². The molecule has 0 unspecified atom stereocenters. The molecule has 0 saturated carbocycles. The van der Waals surface area contributed by atoms with Crippen LogP contribution in [0.2, 0.25) is 4.34 Å². The maximum Gasteiger partial charge on any atom is 0.250 e. The van der Waals surface area contributed by atoms with E-state index in [1.807, 2.05) is 6.92 Å². The number of hydrogen-bond acceptors (Lipinski definition) is 5. The minimum atomic E-state index is -3.51. The average molecular weight is 550 g/mol. The van der Waals surface area contributed by atoms with Crippen molar-refractivity contribution in [3.8, 4) is 0 Å². The summed E-state index contributed by atoms with van der Waals surface area (Å²) in [6.45, 7) is 7.52. The fourth-order valence-electron chi connectivity index (χ4n) is 2.72. The zero-order valence-corrected chi connectivity index (χ0v) is 20.3. The highest BCUT2D eigenvalue weighted by Crippen LogP contribution is 2.25. The summed E-state index contributed by atoms with van der Waals surface area (Å²) in [6.07, 6.45) is 3.90. The first-order valence-electron chi connectivity index (χ1n) is 9.01. The molecular weight excluding hydrogens is 521 g/mol. The van der Waals surface area contributed by atoms with Crippen LogP contribution in [-0.4, -0.2) is 65.1 Å². The van der Waals surface area contributed by atoms with Crippen molar-refractivity contribution >= 4 is 62.9 Å². The second kappa shape index (κ2) is 13.2. The van der Waals surface area contributed by atoms with Gasteiger partial charge in [0.2, 0.25) is 10.0 Å². The molecule has 3 N–H and O–H groups in total. The van der Waals surface area contributed by atoms with E-state index in [1.165, 1.54) is 38.4 Å². The monoisotopic (exact) mass is 549 g/mol. The summed E-state index contributed by atoms with van der Waals surface area (Å²) in [5, 5.41) is 6.49. The van der Waals surface area contributed by atoms with Crippen LogP contribution in [0.5, 0.6) is 0 Å². The lowest BCUT2D eigenvalue weighted by atomic mass is 10.1. The lowest BCUT2D eigenvalue weighted by Crippen LogP contribution is -2.43. The fourth-order valence-corrected chi connectivity index (χ4v) is 5.27. The van der Waals surface area contributed by atoms with Crippen molar-refractivity contribution < 1.29 is 8.42 Å². The van der Waals surface area contributed by atoms with E-state index in [0.717, 1.165) is 31.0 Å². The van der Waals surface area contributed by atoms with Crippen molar-refractivity contribution in [1.82, 2.24) is 20.3 Å². The molecule has 1 fully saturated rings. The van der Waals surface area contributed by atoms with Gasteiger partial charge < -0.3 is 15.5 Å². The summed E-state index contributed by atoms with van der Waals surface area (Å²) in [5.74, 6) is 0.711. The number of nitrogens with zero attached hydrogens (tertiary/aromatic N) is 2. The first-order chi connectivity index (χ1) is 12.5. The number of thiophene rings is 1. The molecule has 11 heteroatoms. The molecule has 27 heavy (non-hydrogen) atoms. The highest BCUT2D eigenvalue weighted by molar-refractivity contribution is 14.0. The largest absolute Gasteiger partial charge is 0.357 e. The van der Waals surface area contributed by atoms with Crippen molar-refractivity contribution in [2.75, 3.05) is 45.8 Å². The Kier molecular flexibility index (Phi) is 12.1. The Hall–Kier alpha value is -0.140. The highest BCUT2D eigenvalue weighted by Gasteiger charge is 2.15. The normalized spacial score (nSPS) is 16.0. The molecule has 7 nitrogen and oxygen atoms in total. The smallest absolute Gasteiger partial charge is 0.250 e. The van der Waals surface area contributed by atoms with Gasteiger partial charge in [-0.2, -0.15) is 0 Å². The topological polar surface area (TPSA) is 85.8 Å². The Morgan fingerprint density at radius 2 is 1.96 bits per heavy atom. The van der Waals surface area contributed by atoms with Gasteiger partial charge in [0.25, 0.3) is 0 Å². The Labute approximate surface area is 188 Å². The number of aliphatic imine (C=N–C) groups is 1. The van der Waals surface area contributed by atoms with Crippen LogP contribution in [0.4, 0.5) is 0 Å². The molecule has 0 aliphatic carbocycles. The van der Waals surface area contributed by atoms with Gasteiger partial charge in [0.05, 0.1) is 10.9 Å². The van der Waals surface area contributed by atoms with Crippen LogP contribution in [0.25, 0.3) is 0 Å². The lowest BCUT2D eigenvalue weighted by molar-refractivity contribution is 0.232. The zero-order chi connectivity index (χ0) is 18.8. The maximum atomic E-state index is 12.1. The molecule has 1 aromatic rings. The second-order valence-corrected chi connectivity index (χ2v) is 9.75. The summed E-state index contributed by atoms with van der Waals surface area (Å²) in [5.41, 5.74) is 0. The van der Waals surface area contributed by atoms with Crippen molar-refractivity contribution in [2.45, 2.75) is 30.4 Å². The van der Waals surface area contributed by atoms with E-state index in [4.69, 9.17) is 11.6 Å². The molecule has 0 aromatic carbocycles. The number of halogens is 2. The number of piperidine rings is 1.